The summed E-state index contributed by atoms with van der Waals surface area (Å²) in [6.07, 6.45) is -0.276. The summed E-state index contributed by atoms with van der Waals surface area (Å²) in [7, 11) is -3.55. The first-order valence-electron chi connectivity index (χ1n) is 9.47. The Labute approximate surface area is 174 Å². The van der Waals surface area contributed by atoms with E-state index in [-0.39, 0.29) is 30.2 Å². The molecule has 2 amide bonds. The van der Waals surface area contributed by atoms with Crippen molar-refractivity contribution in [2.24, 2.45) is 5.73 Å². The molecule has 0 aromatic carbocycles. The molecule has 12 heteroatoms. The van der Waals surface area contributed by atoms with Crippen molar-refractivity contribution in [1.29, 1.82) is 0 Å². The van der Waals surface area contributed by atoms with E-state index < -0.39 is 16.1 Å². The lowest BCUT2D eigenvalue weighted by atomic mass is 10.3. The van der Waals surface area contributed by atoms with Crippen molar-refractivity contribution < 1.29 is 22.7 Å². The molecule has 29 heavy (non-hydrogen) atoms. The molecule has 2 aliphatic heterocycles. The Morgan fingerprint density at radius 3 is 2.38 bits per heavy atom. The Balaban J connectivity index is 1.51. The van der Waals surface area contributed by atoms with E-state index in [0.29, 0.717) is 44.3 Å². The SMILES string of the molecule is CC1CN(S(=O)(=O)N2CCN(CC(=O)Nc3sccc3C(N)=O)CC2)CC(C)O1. The summed E-state index contributed by atoms with van der Waals surface area (Å²) in [4.78, 5) is 25.5. The molecule has 3 heterocycles. The van der Waals surface area contributed by atoms with Gasteiger partial charge in [-0.2, -0.15) is 17.0 Å². The molecule has 1 aromatic heterocycles. The minimum absolute atomic E-state index is 0.121. The Hall–Kier alpha value is -1.57. The second-order valence-corrected chi connectivity index (χ2v) is 10.2. The fourth-order valence-electron chi connectivity index (χ4n) is 3.57. The number of primary amides is 1. The van der Waals surface area contributed by atoms with Crippen molar-refractivity contribution in [3.63, 3.8) is 0 Å². The van der Waals surface area contributed by atoms with E-state index >= 15 is 0 Å². The minimum atomic E-state index is -3.55. The number of nitrogens with one attached hydrogen (secondary N) is 1. The molecule has 0 saturated carbocycles. The quantitative estimate of drug-likeness (QED) is 0.622. The minimum Gasteiger partial charge on any atom is -0.373 e. The van der Waals surface area contributed by atoms with Gasteiger partial charge in [0.2, 0.25) is 5.91 Å². The number of anilines is 1. The van der Waals surface area contributed by atoms with Gasteiger partial charge in [0.25, 0.3) is 16.1 Å². The van der Waals surface area contributed by atoms with Gasteiger partial charge in [0.15, 0.2) is 0 Å². The molecule has 10 nitrogen and oxygen atoms in total. The van der Waals surface area contributed by atoms with Crippen LogP contribution in [0, 0.1) is 0 Å². The Bertz CT molecular complexity index is 840. The number of rotatable bonds is 6. The fraction of sp³-hybridized carbons (Fsp3) is 0.647. The molecule has 2 unspecified atom stereocenters. The van der Waals surface area contributed by atoms with Crippen molar-refractivity contribution >= 4 is 38.4 Å². The molecular weight excluding hydrogens is 418 g/mol. The van der Waals surface area contributed by atoms with Crippen molar-refractivity contribution in [2.75, 3.05) is 51.1 Å². The van der Waals surface area contributed by atoms with E-state index in [4.69, 9.17) is 10.5 Å². The predicted octanol–water partition coefficient (Wildman–Crippen LogP) is -0.243. The summed E-state index contributed by atoms with van der Waals surface area (Å²) >= 11 is 1.23. The van der Waals surface area contributed by atoms with E-state index in [9.17, 15) is 18.0 Å². The number of ether oxygens (including phenoxy) is 1. The number of thiophene rings is 1. The van der Waals surface area contributed by atoms with E-state index in [1.165, 1.54) is 19.9 Å². The van der Waals surface area contributed by atoms with E-state index in [1.54, 1.807) is 11.4 Å². The maximum absolute atomic E-state index is 12.9. The first-order valence-corrected chi connectivity index (χ1v) is 11.7. The maximum Gasteiger partial charge on any atom is 0.282 e. The lowest BCUT2D eigenvalue weighted by Crippen LogP contribution is -2.57. The number of piperazine rings is 1. The maximum atomic E-state index is 12.9. The topological polar surface area (TPSA) is 125 Å². The average molecular weight is 446 g/mol. The van der Waals surface area contributed by atoms with Crippen molar-refractivity contribution in [2.45, 2.75) is 26.1 Å². The monoisotopic (exact) mass is 445 g/mol. The number of morpholine rings is 1. The van der Waals surface area contributed by atoms with Gasteiger partial charge in [-0.1, -0.05) is 0 Å². The number of nitrogens with two attached hydrogens (primary N) is 1. The zero-order valence-corrected chi connectivity index (χ0v) is 18.2. The van der Waals surface area contributed by atoms with Crippen molar-refractivity contribution in [1.82, 2.24) is 13.5 Å². The molecule has 0 radical (unpaired) electrons. The lowest BCUT2D eigenvalue weighted by molar-refractivity contribution is -0.117. The van der Waals surface area contributed by atoms with Crippen LogP contribution in [0.2, 0.25) is 0 Å². The largest absolute Gasteiger partial charge is 0.373 e. The van der Waals surface area contributed by atoms with Crippen LogP contribution in [-0.2, 0) is 19.7 Å². The van der Waals surface area contributed by atoms with Gasteiger partial charge in [0.05, 0.1) is 24.3 Å². The second kappa shape index (κ2) is 9.06. The summed E-state index contributed by atoms with van der Waals surface area (Å²) in [6, 6.07) is 1.57. The molecule has 0 spiro atoms. The Morgan fingerprint density at radius 2 is 1.79 bits per heavy atom. The number of carbonyl (C=O) groups is 2. The highest BCUT2D eigenvalue weighted by molar-refractivity contribution is 7.86. The first-order chi connectivity index (χ1) is 13.7. The van der Waals surface area contributed by atoms with Crippen LogP contribution >= 0.6 is 11.3 Å². The fourth-order valence-corrected chi connectivity index (χ4v) is 6.13. The van der Waals surface area contributed by atoms with Crippen LogP contribution in [0.4, 0.5) is 5.00 Å². The third-order valence-electron chi connectivity index (χ3n) is 4.92. The molecule has 3 rings (SSSR count). The molecule has 0 bridgehead atoms. The van der Waals surface area contributed by atoms with Crippen LogP contribution in [0.25, 0.3) is 0 Å². The van der Waals surface area contributed by atoms with Crippen LogP contribution in [-0.4, -0.2) is 91.8 Å². The van der Waals surface area contributed by atoms with Gasteiger partial charge in [0.1, 0.15) is 5.00 Å². The number of amides is 2. The Morgan fingerprint density at radius 1 is 1.17 bits per heavy atom. The molecule has 0 aliphatic carbocycles. The molecule has 2 saturated heterocycles. The van der Waals surface area contributed by atoms with Gasteiger partial charge in [0, 0.05) is 39.3 Å². The highest BCUT2D eigenvalue weighted by Crippen LogP contribution is 2.23. The highest BCUT2D eigenvalue weighted by Gasteiger charge is 2.36. The van der Waals surface area contributed by atoms with Crippen LogP contribution < -0.4 is 11.1 Å². The molecule has 2 atom stereocenters. The number of carbonyl (C=O) groups excluding carboxylic acids is 2. The molecule has 3 N–H and O–H groups in total. The van der Waals surface area contributed by atoms with Gasteiger partial charge < -0.3 is 15.8 Å². The van der Waals surface area contributed by atoms with Gasteiger partial charge in [-0.25, -0.2) is 0 Å². The van der Waals surface area contributed by atoms with Crippen molar-refractivity contribution in [3.05, 3.63) is 17.0 Å². The summed E-state index contributed by atoms with van der Waals surface area (Å²) < 4.78 is 34.4. The van der Waals surface area contributed by atoms with Gasteiger partial charge in [-0.3, -0.25) is 14.5 Å². The number of hydrogen-bond donors (Lipinski definition) is 2. The summed E-state index contributed by atoms with van der Waals surface area (Å²) in [5, 5.41) is 4.82. The van der Waals surface area contributed by atoms with E-state index in [2.05, 4.69) is 5.32 Å². The smallest absolute Gasteiger partial charge is 0.282 e. The first kappa shape index (κ1) is 22.1. The van der Waals surface area contributed by atoms with Gasteiger partial charge in [-0.15, -0.1) is 11.3 Å². The van der Waals surface area contributed by atoms with Crippen LogP contribution in [0.1, 0.15) is 24.2 Å². The van der Waals surface area contributed by atoms with E-state index in [0.717, 1.165) is 0 Å². The zero-order valence-electron chi connectivity index (χ0n) is 16.5. The van der Waals surface area contributed by atoms with Crippen LogP contribution in [0.3, 0.4) is 0 Å². The van der Waals surface area contributed by atoms with Crippen LogP contribution in [0.5, 0.6) is 0 Å². The standard InChI is InChI=1S/C17H27N5O5S2/c1-12-9-22(10-13(2)27-12)29(25,26)21-6-4-20(5-7-21)11-15(23)19-17-14(16(18)24)3-8-28-17/h3,8,12-13H,4-7,9-11H2,1-2H3,(H2,18,24)(H,19,23). The molecule has 2 fully saturated rings. The highest BCUT2D eigenvalue weighted by atomic mass is 32.2. The second-order valence-electron chi connectivity index (χ2n) is 7.33. The zero-order chi connectivity index (χ0) is 21.2. The normalized spacial score (nSPS) is 25.0. The van der Waals surface area contributed by atoms with Gasteiger partial charge >= 0.3 is 0 Å². The third kappa shape index (κ3) is 5.32. The average Bonchev–Trinajstić information content (AvgIpc) is 3.09. The van der Waals surface area contributed by atoms with Crippen molar-refractivity contribution in [3.8, 4) is 0 Å². The predicted molar refractivity (Wildman–Crippen MR) is 110 cm³/mol. The third-order valence-corrected chi connectivity index (χ3v) is 7.72. The van der Waals surface area contributed by atoms with Gasteiger partial charge in [-0.05, 0) is 25.3 Å². The van der Waals surface area contributed by atoms with Crippen LogP contribution in [0.15, 0.2) is 11.4 Å². The molecular formula is C17H27N5O5S2. The summed E-state index contributed by atoms with van der Waals surface area (Å²) in [6.45, 7) is 6.09. The molecule has 1 aromatic rings. The van der Waals surface area contributed by atoms with E-state index in [1.807, 2.05) is 18.7 Å². The molecule has 162 valence electrons. The number of nitrogens with zero attached hydrogens (tertiary/aromatic N) is 3. The lowest BCUT2D eigenvalue weighted by Gasteiger charge is -2.40. The number of hydrogen-bond acceptors (Lipinski definition) is 7. The molecule has 2 aliphatic rings. The summed E-state index contributed by atoms with van der Waals surface area (Å²) in [5.74, 6) is -0.853. The Kier molecular flexibility index (Phi) is 6.91. The summed E-state index contributed by atoms with van der Waals surface area (Å²) in [5.41, 5.74) is 5.57.